The zero-order valence-corrected chi connectivity index (χ0v) is 18.1. The van der Waals surface area contributed by atoms with Gasteiger partial charge in [-0.3, -0.25) is 4.79 Å². The van der Waals surface area contributed by atoms with Crippen LogP contribution in [0.4, 0.5) is 5.69 Å². The van der Waals surface area contributed by atoms with E-state index < -0.39 is 0 Å². The Morgan fingerprint density at radius 2 is 1.93 bits per heavy atom. The maximum atomic E-state index is 12.4. The number of anilines is 1. The van der Waals surface area contributed by atoms with Gasteiger partial charge in [0.1, 0.15) is 0 Å². The molecular weight excluding hydrogens is 415 g/mol. The molecule has 3 aromatic rings. The maximum absolute atomic E-state index is 12.4. The van der Waals surface area contributed by atoms with Crippen molar-refractivity contribution in [1.29, 1.82) is 0 Å². The van der Waals surface area contributed by atoms with E-state index >= 15 is 0 Å². The van der Waals surface area contributed by atoms with Gasteiger partial charge in [-0.2, -0.15) is 0 Å². The van der Waals surface area contributed by atoms with Gasteiger partial charge in [0, 0.05) is 22.8 Å². The lowest BCUT2D eigenvalue weighted by Crippen LogP contribution is -2.15. The first-order valence-electron chi connectivity index (χ1n) is 8.77. The molecule has 1 heterocycles. The highest BCUT2D eigenvalue weighted by Crippen LogP contribution is 2.31. The summed E-state index contributed by atoms with van der Waals surface area (Å²) in [4.78, 5) is 12.4. The lowest BCUT2D eigenvalue weighted by molar-refractivity contribution is -0.113. The van der Waals surface area contributed by atoms with Crippen LogP contribution in [0.3, 0.4) is 0 Å². The molecule has 8 heteroatoms. The third-order valence-electron chi connectivity index (χ3n) is 4.19. The van der Waals surface area contributed by atoms with Crippen LogP contribution in [0.15, 0.2) is 41.6 Å². The molecule has 0 saturated carbocycles. The van der Waals surface area contributed by atoms with E-state index in [9.17, 15) is 4.79 Å². The number of halogens is 2. The number of aryl methyl sites for hydroxylation is 2. The van der Waals surface area contributed by atoms with Crippen LogP contribution in [0, 0.1) is 13.8 Å². The predicted octanol–water partition coefficient (Wildman–Crippen LogP) is 5.62. The normalized spacial score (nSPS) is 10.9. The van der Waals surface area contributed by atoms with Gasteiger partial charge in [-0.25, -0.2) is 0 Å². The number of benzene rings is 2. The van der Waals surface area contributed by atoms with Crippen molar-refractivity contribution < 1.29 is 4.79 Å². The van der Waals surface area contributed by atoms with Crippen LogP contribution in [0.1, 0.15) is 18.1 Å². The zero-order valence-electron chi connectivity index (χ0n) is 15.8. The molecule has 0 aliphatic heterocycles. The van der Waals surface area contributed by atoms with Gasteiger partial charge in [0.25, 0.3) is 0 Å². The van der Waals surface area contributed by atoms with Crippen LogP contribution in [0.25, 0.3) is 11.4 Å². The molecule has 0 unspecified atom stereocenters. The van der Waals surface area contributed by atoms with Gasteiger partial charge in [0.05, 0.1) is 10.8 Å². The number of carbonyl (C=O) groups excluding carboxylic acids is 1. The molecule has 0 atom stereocenters. The molecule has 0 bridgehead atoms. The number of aromatic nitrogens is 3. The molecule has 0 aliphatic rings. The van der Waals surface area contributed by atoms with Crippen LogP contribution in [-0.4, -0.2) is 26.4 Å². The van der Waals surface area contributed by atoms with Crippen molar-refractivity contribution in [3.63, 3.8) is 0 Å². The van der Waals surface area contributed by atoms with Gasteiger partial charge in [-0.15, -0.1) is 10.2 Å². The molecule has 146 valence electrons. The van der Waals surface area contributed by atoms with Crippen LogP contribution >= 0.6 is 35.0 Å². The Kier molecular flexibility index (Phi) is 6.65. The quantitative estimate of drug-likeness (QED) is 0.511. The first-order chi connectivity index (χ1) is 13.4. The summed E-state index contributed by atoms with van der Waals surface area (Å²) in [7, 11) is 0. The van der Waals surface area contributed by atoms with Crippen LogP contribution < -0.4 is 5.32 Å². The second-order valence-electron chi connectivity index (χ2n) is 6.33. The minimum Gasteiger partial charge on any atom is -0.325 e. The van der Waals surface area contributed by atoms with Crippen molar-refractivity contribution in [3.8, 4) is 11.4 Å². The SMILES string of the molecule is CCn1c(SCC(=O)Nc2ccc(C)cc2C)nnc1-c1ccc(Cl)cc1Cl. The summed E-state index contributed by atoms with van der Waals surface area (Å²) in [6.07, 6.45) is 0. The molecule has 1 N–H and O–H groups in total. The highest BCUT2D eigenvalue weighted by atomic mass is 35.5. The largest absolute Gasteiger partial charge is 0.325 e. The van der Waals surface area contributed by atoms with E-state index in [1.165, 1.54) is 11.8 Å². The third-order valence-corrected chi connectivity index (χ3v) is 5.71. The summed E-state index contributed by atoms with van der Waals surface area (Å²) in [5, 5.41) is 13.2. The molecule has 5 nitrogen and oxygen atoms in total. The van der Waals surface area contributed by atoms with E-state index in [-0.39, 0.29) is 11.7 Å². The van der Waals surface area contributed by atoms with Gasteiger partial charge in [-0.05, 0) is 50.6 Å². The minimum atomic E-state index is -0.0892. The predicted molar refractivity (Wildman–Crippen MR) is 116 cm³/mol. The molecular formula is C20H20Cl2N4OS. The molecule has 1 aromatic heterocycles. The number of carbonyl (C=O) groups is 1. The molecule has 0 aliphatic carbocycles. The number of nitrogens with one attached hydrogen (secondary N) is 1. The Morgan fingerprint density at radius 1 is 1.14 bits per heavy atom. The van der Waals surface area contributed by atoms with E-state index in [4.69, 9.17) is 23.2 Å². The third kappa shape index (κ3) is 4.69. The van der Waals surface area contributed by atoms with E-state index in [2.05, 4.69) is 15.5 Å². The number of amides is 1. The van der Waals surface area contributed by atoms with Crippen LogP contribution in [0.5, 0.6) is 0 Å². The van der Waals surface area contributed by atoms with Gasteiger partial charge in [0.15, 0.2) is 11.0 Å². The van der Waals surface area contributed by atoms with Gasteiger partial charge >= 0.3 is 0 Å². The molecule has 3 rings (SSSR count). The van der Waals surface area contributed by atoms with Crippen molar-refractivity contribution in [2.75, 3.05) is 11.1 Å². The van der Waals surface area contributed by atoms with Gasteiger partial charge in [-0.1, -0.05) is 52.7 Å². The average molecular weight is 435 g/mol. The first-order valence-corrected chi connectivity index (χ1v) is 10.5. The summed E-state index contributed by atoms with van der Waals surface area (Å²) >= 11 is 13.6. The molecule has 0 fully saturated rings. The number of hydrogen-bond donors (Lipinski definition) is 1. The zero-order chi connectivity index (χ0) is 20.3. The summed E-state index contributed by atoms with van der Waals surface area (Å²) < 4.78 is 1.93. The number of hydrogen-bond acceptors (Lipinski definition) is 4. The molecule has 28 heavy (non-hydrogen) atoms. The Bertz CT molecular complexity index is 1020. The molecule has 0 saturated heterocycles. The van der Waals surface area contributed by atoms with E-state index in [1.54, 1.807) is 12.1 Å². The fourth-order valence-corrected chi connectivity index (χ4v) is 4.12. The lowest BCUT2D eigenvalue weighted by atomic mass is 10.1. The Balaban J connectivity index is 1.72. The lowest BCUT2D eigenvalue weighted by Gasteiger charge is -2.10. The summed E-state index contributed by atoms with van der Waals surface area (Å²) in [6.45, 7) is 6.65. The Morgan fingerprint density at radius 3 is 2.61 bits per heavy atom. The number of nitrogens with zero attached hydrogens (tertiary/aromatic N) is 3. The standard InChI is InChI=1S/C20H20Cl2N4OS/c1-4-26-19(15-7-6-14(21)10-16(15)22)24-25-20(26)28-11-18(27)23-17-8-5-12(2)9-13(17)3/h5-10H,4,11H2,1-3H3,(H,23,27). The summed E-state index contributed by atoms with van der Waals surface area (Å²) in [5.41, 5.74) is 3.78. The van der Waals surface area contributed by atoms with Gasteiger partial charge in [0.2, 0.25) is 5.91 Å². The topological polar surface area (TPSA) is 59.8 Å². The van der Waals surface area contributed by atoms with Crippen LogP contribution in [0.2, 0.25) is 10.0 Å². The van der Waals surface area contributed by atoms with E-state index in [0.717, 1.165) is 22.4 Å². The Hall–Kier alpha value is -2.02. The molecule has 2 aromatic carbocycles. The minimum absolute atomic E-state index is 0.0892. The van der Waals surface area contributed by atoms with Crippen molar-refractivity contribution in [3.05, 3.63) is 57.6 Å². The second-order valence-corrected chi connectivity index (χ2v) is 8.12. The van der Waals surface area contributed by atoms with Crippen molar-refractivity contribution in [1.82, 2.24) is 14.8 Å². The van der Waals surface area contributed by atoms with Crippen molar-refractivity contribution >= 4 is 46.6 Å². The fourth-order valence-electron chi connectivity index (χ4n) is 2.82. The van der Waals surface area contributed by atoms with Gasteiger partial charge < -0.3 is 9.88 Å². The number of rotatable bonds is 6. The number of thioether (sulfide) groups is 1. The molecule has 1 amide bonds. The summed E-state index contributed by atoms with van der Waals surface area (Å²) in [5.74, 6) is 0.801. The van der Waals surface area contributed by atoms with Crippen molar-refractivity contribution in [2.24, 2.45) is 0 Å². The first kappa shape index (κ1) is 20.7. The Labute approximate surface area is 178 Å². The molecule has 0 spiro atoms. The monoisotopic (exact) mass is 434 g/mol. The highest BCUT2D eigenvalue weighted by Gasteiger charge is 2.17. The fraction of sp³-hybridized carbons (Fsp3) is 0.250. The van der Waals surface area contributed by atoms with Crippen LogP contribution in [-0.2, 0) is 11.3 Å². The summed E-state index contributed by atoms with van der Waals surface area (Å²) in [6, 6.07) is 11.2. The highest BCUT2D eigenvalue weighted by molar-refractivity contribution is 7.99. The second kappa shape index (κ2) is 8.99. The van der Waals surface area contributed by atoms with E-state index in [1.807, 2.05) is 49.6 Å². The van der Waals surface area contributed by atoms with E-state index in [0.29, 0.717) is 27.6 Å². The smallest absolute Gasteiger partial charge is 0.234 e. The van der Waals surface area contributed by atoms with Crippen molar-refractivity contribution in [2.45, 2.75) is 32.5 Å². The molecule has 0 radical (unpaired) electrons. The average Bonchev–Trinajstić information content (AvgIpc) is 3.05. The maximum Gasteiger partial charge on any atom is 0.234 e.